The van der Waals surface area contributed by atoms with E-state index in [0.29, 0.717) is 23.7 Å². The van der Waals surface area contributed by atoms with Crippen LogP contribution in [0.5, 0.6) is 11.5 Å². The summed E-state index contributed by atoms with van der Waals surface area (Å²) in [5.41, 5.74) is 3.36. The highest BCUT2D eigenvalue weighted by Crippen LogP contribution is 2.33. The summed E-state index contributed by atoms with van der Waals surface area (Å²) < 4.78 is 11.3. The van der Waals surface area contributed by atoms with Crippen molar-refractivity contribution in [2.24, 2.45) is 0 Å². The third-order valence-electron chi connectivity index (χ3n) is 3.88. The third-order valence-corrected chi connectivity index (χ3v) is 3.88. The van der Waals surface area contributed by atoms with Gasteiger partial charge in [0.2, 0.25) is 0 Å². The van der Waals surface area contributed by atoms with Crippen LogP contribution in [0.1, 0.15) is 22.8 Å². The van der Waals surface area contributed by atoms with Crippen molar-refractivity contribution in [2.75, 3.05) is 7.11 Å². The molecule has 0 aliphatic heterocycles. The van der Waals surface area contributed by atoms with Crippen LogP contribution in [-0.2, 0) is 6.61 Å². The quantitative estimate of drug-likeness (QED) is 0.621. The molecule has 0 aliphatic carbocycles. The summed E-state index contributed by atoms with van der Waals surface area (Å²) in [5.74, 6) is 1.36. The number of carbonyl (C=O) groups is 1. The van der Waals surface area contributed by atoms with E-state index in [1.54, 1.807) is 32.5 Å². The molecule has 0 saturated heterocycles. The number of hydrogen-bond donors (Lipinski definition) is 0. The van der Waals surface area contributed by atoms with E-state index in [1.807, 2.05) is 48.5 Å². The lowest BCUT2D eigenvalue weighted by Crippen LogP contribution is -1.99. The molecule has 1 aromatic heterocycles. The van der Waals surface area contributed by atoms with Gasteiger partial charge in [0.05, 0.1) is 13.3 Å². The zero-order valence-electron chi connectivity index (χ0n) is 14.2. The molecule has 25 heavy (non-hydrogen) atoms. The molecule has 0 bridgehead atoms. The second-order valence-corrected chi connectivity index (χ2v) is 5.65. The SMILES string of the molecule is COc1cncc(-c2cc(C(C)=O)ccc2OCc2ccccc2)c1. The van der Waals surface area contributed by atoms with Gasteiger partial charge in [0.1, 0.15) is 18.1 Å². The van der Waals surface area contributed by atoms with Gasteiger partial charge in [-0.1, -0.05) is 30.3 Å². The molecule has 0 fully saturated rings. The molecule has 3 aromatic rings. The van der Waals surface area contributed by atoms with Gasteiger partial charge in [-0.3, -0.25) is 9.78 Å². The van der Waals surface area contributed by atoms with E-state index in [0.717, 1.165) is 16.7 Å². The monoisotopic (exact) mass is 333 g/mol. The van der Waals surface area contributed by atoms with Crippen LogP contribution in [0.25, 0.3) is 11.1 Å². The van der Waals surface area contributed by atoms with Crippen molar-refractivity contribution in [1.82, 2.24) is 4.98 Å². The summed E-state index contributed by atoms with van der Waals surface area (Å²) in [5, 5.41) is 0. The molecule has 0 radical (unpaired) electrons. The van der Waals surface area contributed by atoms with Gasteiger partial charge in [0, 0.05) is 22.9 Å². The van der Waals surface area contributed by atoms with E-state index < -0.39 is 0 Å². The van der Waals surface area contributed by atoms with Crippen LogP contribution in [0.15, 0.2) is 67.0 Å². The normalized spacial score (nSPS) is 10.3. The largest absolute Gasteiger partial charge is 0.495 e. The molecule has 0 amide bonds. The minimum Gasteiger partial charge on any atom is -0.495 e. The second kappa shape index (κ2) is 7.62. The molecule has 0 spiro atoms. The highest BCUT2D eigenvalue weighted by molar-refractivity contribution is 5.96. The molecular weight excluding hydrogens is 314 g/mol. The van der Waals surface area contributed by atoms with Crippen LogP contribution in [-0.4, -0.2) is 17.9 Å². The molecule has 4 nitrogen and oxygen atoms in total. The third kappa shape index (κ3) is 4.04. The standard InChI is InChI=1S/C21H19NO3/c1-15(23)17-8-9-21(25-14-16-6-4-3-5-7-16)20(11-17)18-10-19(24-2)13-22-12-18/h3-13H,14H2,1-2H3. The molecule has 4 heteroatoms. The maximum Gasteiger partial charge on any atom is 0.159 e. The maximum atomic E-state index is 11.8. The number of rotatable bonds is 6. The number of nitrogens with zero attached hydrogens (tertiary/aromatic N) is 1. The minimum atomic E-state index is 0.00622. The molecule has 0 aliphatic rings. The first-order valence-corrected chi connectivity index (χ1v) is 7.98. The lowest BCUT2D eigenvalue weighted by atomic mass is 10.0. The fraction of sp³-hybridized carbons (Fsp3) is 0.143. The van der Waals surface area contributed by atoms with Gasteiger partial charge in [-0.25, -0.2) is 0 Å². The Morgan fingerprint density at radius 3 is 2.56 bits per heavy atom. The summed E-state index contributed by atoms with van der Waals surface area (Å²) in [6, 6.07) is 17.3. The number of hydrogen-bond acceptors (Lipinski definition) is 4. The highest BCUT2D eigenvalue weighted by Gasteiger charge is 2.11. The minimum absolute atomic E-state index is 0.00622. The lowest BCUT2D eigenvalue weighted by molar-refractivity contribution is 0.101. The summed E-state index contributed by atoms with van der Waals surface area (Å²) in [4.78, 5) is 16.0. The summed E-state index contributed by atoms with van der Waals surface area (Å²) in [7, 11) is 1.60. The Hall–Kier alpha value is -3.14. The van der Waals surface area contributed by atoms with Crippen LogP contribution in [0.3, 0.4) is 0 Å². The van der Waals surface area contributed by atoms with E-state index in [2.05, 4.69) is 4.98 Å². The average Bonchev–Trinajstić information content (AvgIpc) is 2.67. The van der Waals surface area contributed by atoms with Crippen LogP contribution < -0.4 is 9.47 Å². The lowest BCUT2D eigenvalue weighted by Gasteiger charge is -2.13. The Morgan fingerprint density at radius 1 is 1.04 bits per heavy atom. The number of methoxy groups -OCH3 is 1. The van der Waals surface area contributed by atoms with Crippen molar-refractivity contribution in [1.29, 1.82) is 0 Å². The number of pyridine rings is 1. The van der Waals surface area contributed by atoms with Gasteiger partial charge in [0.25, 0.3) is 0 Å². The number of ketones is 1. The number of ether oxygens (including phenoxy) is 2. The van der Waals surface area contributed by atoms with Crippen molar-refractivity contribution in [2.45, 2.75) is 13.5 Å². The zero-order chi connectivity index (χ0) is 17.6. The smallest absolute Gasteiger partial charge is 0.159 e. The Kier molecular flexibility index (Phi) is 5.09. The van der Waals surface area contributed by atoms with Crippen molar-refractivity contribution in [3.63, 3.8) is 0 Å². The van der Waals surface area contributed by atoms with Crippen molar-refractivity contribution < 1.29 is 14.3 Å². The Balaban J connectivity index is 1.97. The summed E-state index contributed by atoms with van der Waals surface area (Å²) in [6.07, 6.45) is 3.37. The fourth-order valence-electron chi connectivity index (χ4n) is 2.51. The van der Waals surface area contributed by atoms with Crippen molar-refractivity contribution >= 4 is 5.78 Å². The maximum absolute atomic E-state index is 11.8. The average molecular weight is 333 g/mol. The number of aromatic nitrogens is 1. The molecule has 0 N–H and O–H groups in total. The second-order valence-electron chi connectivity index (χ2n) is 5.65. The molecule has 0 atom stereocenters. The van der Waals surface area contributed by atoms with E-state index in [4.69, 9.17) is 9.47 Å². The topological polar surface area (TPSA) is 48.4 Å². The van der Waals surface area contributed by atoms with E-state index in [-0.39, 0.29) is 5.78 Å². The van der Waals surface area contributed by atoms with Crippen LogP contribution in [0.2, 0.25) is 0 Å². The van der Waals surface area contributed by atoms with Crippen LogP contribution >= 0.6 is 0 Å². The molecule has 3 rings (SSSR count). The molecular formula is C21H19NO3. The Bertz CT molecular complexity index is 875. The number of carbonyl (C=O) groups excluding carboxylic acids is 1. The molecule has 1 heterocycles. The van der Waals surface area contributed by atoms with E-state index in [1.165, 1.54) is 0 Å². The van der Waals surface area contributed by atoms with E-state index in [9.17, 15) is 4.79 Å². The first-order chi connectivity index (χ1) is 12.2. The van der Waals surface area contributed by atoms with Gasteiger partial charge in [-0.05, 0) is 36.8 Å². The molecule has 2 aromatic carbocycles. The molecule has 126 valence electrons. The van der Waals surface area contributed by atoms with Gasteiger partial charge in [-0.2, -0.15) is 0 Å². The van der Waals surface area contributed by atoms with E-state index >= 15 is 0 Å². The van der Waals surface area contributed by atoms with Crippen LogP contribution in [0.4, 0.5) is 0 Å². The first kappa shape index (κ1) is 16.7. The summed E-state index contributed by atoms with van der Waals surface area (Å²) >= 11 is 0. The zero-order valence-corrected chi connectivity index (χ0v) is 14.2. The fourth-order valence-corrected chi connectivity index (χ4v) is 2.51. The van der Waals surface area contributed by atoms with Gasteiger partial charge in [-0.15, -0.1) is 0 Å². The number of Topliss-reactive ketones (excluding diaryl/α,β-unsaturated/α-hetero) is 1. The van der Waals surface area contributed by atoms with Crippen molar-refractivity contribution in [3.8, 4) is 22.6 Å². The Labute approximate surface area is 147 Å². The van der Waals surface area contributed by atoms with Gasteiger partial charge < -0.3 is 9.47 Å². The van der Waals surface area contributed by atoms with Gasteiger partial charge >= 0.3 is 0 Å². The predicted molar refractivity (Wildman–Crippen MR) is 97.0 cm³/mol. The predicted octanol–water partition coefficient (Wildman–Crippen LogP) is 4.54. The first-order valence-electron chi connectivity index (χ1n) is 7.98. The van der Waals surface area contributed by atoms with Crippen molar-refractivity contribution in [3.05, 3.63) is 78.1 Å². The summed E-state index contributed by atoms with van der Waals surface area (Å²) in [6.45, 7) is 2.00. The molecule has 0 saturated carbocycles. The van der Waals surface area contributed by atoms with Crippen LogP contribution in [0, 0.1) is 0 Å². The number of benzene rings is 2. The highest BCUT2D eigenvalue weighted by atomic mass is 16.5. The van der Waals surface area contributed by atoms with Gasteiger partial charge in [0.15, 0.2) is 5.78 Å². The Morgan fingerprint density at radius 2 is 1.84 bits per heavy atom. The molecule has 0 unspecified atom stereocenters.